The van der Waals surface area contributed by atoms with Crippen LogP contribution in [0.5, 0.6) is 5.75 Å². The highest BCUT2D eigenvalue weighted by atomic mass is 16.5. The summed E-state index contributed by atoms with van der Waals surface area (Å²) in [6.45, 7) is 0. The van der Waals surface area contributed by atoms with Gasteiger partial charge in [0.25, 0.3) is 11.1 Å². The molecule has 3 N–H and O–H groups in total. The zero-order valence-electron chi connectivity index (χ0n) is 14.7. The standard InChI is InChI=1S/C17H17N5O5/c1-22-14-13(16(25)21-17(22)26)19-10(15(24)20-14)7-8-12(23)18-9-5-3-4-6-11(9)27-2/h3-6H,7-8H2,1-2H3,(H,18,23)(H,20,24)(H,21,25,26). The number of rotatable bonds is 5. The van der Waals surface area contributed by atoms with Crippen molar-refractivity contribution in [3.8, 4) is 5.75 Å². The second-order valence-corrected chi connectivity index (χ2v) is 5.78. The Hall–Kier alpha value is -3.69. The minimum Gasteiger partial charge on any atom is -0.495 e. The number of methoxy groups -OCH3 is 1. The number of benzene rings is 1. The first-order valence-electron chi connectivity index (χ1n) is 8.05. The number of aromatic nitrogens is 4. The molecule has 0 saturated carbocycles. The molecule has 3 aromatic rings. The lowest BCUT2D eigenvalue weighted by Crippen LogP contribution is -2.32. The van der Waals surface area contributed by atoms with Crippen molar-refractivity contribution < 1.29 is 9.53 Å². The van der Waals surface area contributed by atoms with Crippen LogP contribution in [0.25, 0.3) is 11.2 Å². The fraction of sp³-hybridized carbons (Fsp3) is 0.235. The van der Waals surface area contributed by atoms with Crippen LogP contribution in [0.2, 0.25) is 0 Å². The zero-order chi connectivity index (χ0) is 19.6. The summed E-state index contributed by atoms with van der Waals surface area (Å²) in [6.07, 6.45) is -0.00214. The normalized spacial score (nSPS) is 10.7. The molecule has 0 radical (unpaired) electrons. The Balaban J connectivity index is 1.82. The van der Waals surface area contributed by atoms with Crippen LogP contribution in [0, 0.1) is 0 Å². The lowest BCUT2D eigenvalue weighted by Gasteiger charge is -2.09. The summed E-state index contributed by atoms with van der Waals surface area (Å²) in [7, 11) is 2.90. The quantitative estimate of drug-likeness (QED) is 0.572. The number of anilines is 1. The number of hydrogen-bond donors (Lipinski definition) is 3. The van der Waals surface area contributed by atoms with E-state index < -0.39 is 16.8 Å². The van der Waals surface area contributed by atoms with E-state index in [4.69, 9.17) is 4.74 Å². The summed E-state index contributed by atoms with van der Waals surface area (Å²) in [5.74, 6) is 0.176. The summed E-state index contributed by atoms with van der Waals surface area (Å²) in [4.78, 5) is 56.5. The monoisotopic (exact) mass is 371 g/mol. The summed E-state index contributed by atoms with van der Waals surface area (Å²) in [6, 6.07) is 6.93. The van der Waals surface area contributed by atoms with E-state index in [9.17, 15) is 19.2 Å². The van der Waals surface area contributed by atoms with Crippen molar-refractivity contribution in [3.05, 3.63) is 61.2 Å². The topological polar surface area (TPSA) is 139 Å². The van der Waals surface area contributed by atoms with Crippen LogP contribution in [0.1, 0.15) is 12.1 Å². The first kappa shape index (κ1) is 18.1. The first-order chi connectivity index (χ1) is 12.9. The van der Waals surface area contributed by atoms with E-state index >= 15 is 0 Å². The average Bonchev–Trinajstić information content (AvgIpc) is 2.65. The van der Waals surface area contributed by atoms with Gasteiger partial charge in [0.2, 0.25) is 5.91 Å². The number of aromatic amines is 2. The Kier molecular flexibility index (Phi) is 4.88. The van der Waals surface area contributed by atoms with Crippen LogP contribution in [0.4, 0.5) is 5.69 Å². The molecule has 0 saturated heterocycles. The van der Waals surface area contributed by atoms with E-state index in [0.717, 1.165) is 4.57 Å². The van der Waals surface area contributed by atoms with Gasteiger partial charge in [-0.3, -0.25) is 23.9 Å². The van der Waals surface area contributed by atoms with Crippen molar-refractivity contribution in [3.63, 3.8) is 0 Å². The molecule has 0 spiro atoms. The van der Waals surface area contributed by atoms with Crippen LogP contribution < -0.4 is 26.9 Å². The Morgan fingerprint density at radius 2 is 1.93 bits per heavy atom. The van der Waals surface area contributed by atoms with Crippen molar-refractivity contribution in [2.75, 3.05) is 12.4 Å². The molecule has 0 fully saturated rings. The Morgan fingerprint density at radius 3 is 2.67 bits per heavy atom. The molecule has 3 rings (SSSR count). The largest absolute Gasteiger partial charge is 0.495 e. The number of H-pyrrole nitrogens is 2. The number of hydrogen-bond acceptors (Lipinski definition) is 6. The van der Waals surface area contributed by atoms with Gasteiger partial charge in [-0.25, -0.2) is 9.78 Å². The number of ether oxygens (including phenoxy) is 1. The fourth-order valence-corrected chi connectivity index (χ4v) is 2.58. The Morgan fingerprint density at radius 1 is 1.19 bits per heavy atom. The number of amides is 1. The predicted octanol–water partition coefficient (Wildman–Crippen LogP) is -0.110. The molecule has 27 heavy (non-hydrogen) atoms. The van der Waals surface area contributed by atoms with E-state index in [1.807, 2.05) is 0 Å². The molecule has 10 heteroatoms. The van der Waals surface area contributed by atoms with Gasteiger partial charge in [-0.05, 0) is 12.1 Å². The van der Waals surface area contributed by atoms with Crippen LogP contribution in [0.3, 0.4) is 0 Å². The minimum absolute atomic E-state index is 0.0224. The molecule has 0 unspecified atom stereocenters. The molecular formula is C17H17N5O5. The SMILES string of the molecule is COc1ccccc1NC(=O)CCc1nc2c(=O)[nH]c(=O)n(C)c2[nH]c1=O. The highest BCUT2D eigenvalue weighted by Crippen LogP contribution is 2.23. The predicted molar refractivity (Wildman–Crippen MR) is 98.2 cm³/mol. The molecule has 1 aromatic carbocycles. The molecule has 0 bridgehead atoms. The van der Waals surface area contributed by atoms with Crippen molar-refractivity contribution in [1.29, 1.82) is 0 Å². The summed E-state index contributed by atoms with van der Waals surface area (Å²) < 4.78 is 6.25. The molecule has 1 amide bonds. The third-order valence-corrected chi connectivity index (χ3v) is 4.01. The maximum absolute atomic E-state index is 12.2. The summed E-state index contributed by atoms with van der Waals surface area (Å²) in [5.41, 5.74) is -1.43. The number of aryl methyl sites for hydroxylation is 2. The van der Waals surface area contributed by atoms with Gasteiger partial charge in [-0.1, -0.05) is 12.1 Å². The van der Waals surface area contributed by atoms with E-state index in [-0.39, 0.29) is 35.6 Å². The Bertz CT molecular complexity index is 1190. The maximum Gasteiger partial charge on any atom is 0.329 e. The average molecular weight is 371 g/mol. The van der Waals surface area contributed by atoms with Crippen molar-refractivity contribution in [2.45, 2.75) is 12.8 Å². The maximum atomic E-state index is 12.2. The van der Waals surface area contributed by atoms with Gasteiger partial charge in [0.1, 0.15) is 17.1 Å². The third-order valence-electron chi connectivity index (χ3n) is 4.01. The van der Waals surface area contributed by atoms with Gasteiger partial charge in [0, 0.05) is 19.9 Å². The number of fused-ring (bicyclic) bond motifs is 1. The van der Waals surface area contributed by atoms with Gasteiger partial charge < -0.3 is 15.0 Å². The van der Waals surface area contributed by atoms with E-state index in [0.29, 0.717) is 11.4 Å². The molecule has 10 nitrogen and oxygen atoms in total. The minimum atomic E-state index is -0.705. The zero-order valence-corrected chi connectivity index (χ0v) is 14.7. The van der Waals surface area contributed by atoms with Crippen LogP contribution in [-0.4, -0.2) is 32.5 Å². The van der Waals surface area contributed by atoms with Gasteiger partial charge in [0.05, 0.1) is 12.8 Å². The summed E-state index contributed by atoms with van der Waals surface area (Å²) in [5, 5.41) is 2.70. The van der Waals surface area contributed by atoms with E-state index in [2.05, 4.69) is 20.3 Å². The molecule has 0 atom stereocenters. The summed E-state index contributed by atoms with van der Waals surface area (Å²) >= 11 is 0. The molecular weight excluding hydrogens is 354 g/mol. The number of nitrogens with zero attached hydrogens (tertiary/aromatic N) is 2. The van der Waals surface area contributed by atoms with Crippen molar-refractivity contribution >= 4 is 22.8 Å². The molecule has 140 valence electrons. The fourth-order valence-electron chi connectivity index (χ4n) is 2.58. The second kappa shape index (κ2) is 7.28. The first-order valence-corrected chi connectivity index (χ1v) is 8.05. The van der Waals surface area contributed by atoms with E-state index in [1.54, 1.807) is 24.3 Å². The highest BCUT2D eigenvalue weighted by Gasteiger charge is 2.13. The van der Waals surface area contributed by atoms with E-state index in [1.165, 1.54) is 14.2 Å². The number of carbonyl (C=O) groups is 1. The van der Waals surface area contributed by atoms with Gasteiger partial charge in [-0.15, -0.1) is 0 Å². The van der Waals surface area contributed by atoms with Crippen LogP contribution in [0.15, 0.2) is 38.6 Å². The van der Waals surface area contributed by atoms with Crippen LogP contribution >= 0.6 is 0 Å². The molecule has 0 aliphatic heterocycles. The second-order valence-electron chi connectivity index (χ2n) is 5.78. The van der Waals surface area contributed by atoms with Crippen molar-refractivity contribution in [2.24, 2.45) is 7.05 Å². The molecule has 0 aliphatic carbocycles. The van der Waals surface area contributed by atoms with Crippen molar-refractivity contribution in [1.82, 2.24) is 19.5 Å². The van der Waals surface area contributed by atoms with Gasteiger partial charge >= 0.3 is 5.69 Å². The van der Waals surface area contributed by atoms with Gasteiger partial charge in [-0.2, -0.15) is 0 Å². The number of para-hydroxylation sites is 2. The molecule has 2 heterocycles. The highest BCUT2D eigenvalue weighted by molar-refractivity contribution is 5.92. The number of carbonyl (C=O) groups excluding carboxylic acids is 1. The Labute approximate surface area is 151 Å². The van der Waals surface area contributed by atoms with Gasteiger partial charge in [0.15, 0.2) is 5.52 Å². The van der Waals surface area contributed by atoms with Crippen LogP contribution in [-0.2, 0) is 18.3 Å². The molecule has 0 aliphatic rings. The number of nitrogens with one attached hydrogen (secondary N) is 3. The third kappa shape index (κ3) is 3.64. The lowest BCUT2D eigenvalue weighted by atomic mass is 10.2. The molecule has 2 aromatic heterocycles. The smallest absolute Gasteiger partial charge is 0.329 e. The lowest BCUT2D eigenvalue weighted by molar-refractivity contribution is -0.116.